The number of rotatable bonds is 3. The Morgan fingerprint density at radius 2 is 2.07 bits per heavy atom. The normalized spacial score (nSPS) is 25.9. The summed E-state index contributed by atoms with van der Waals surface area (Å²) in [5, 5.41) is 3.24. The van der Waals surface area contributed by atoms with E-state index >= 15 is 0 Å². The molecule has 1 aromatic carbocycles. The fourth-order valence-corrected chi connectivity index (χ4v) is 2.86. The van der Waals surface area contributed by atoms with Gasteiger partial charge in [-0.25, -0.2) is 0 Å². The SMILES string of the molecule is CNCC1CC(c2ccccc2Br)C1. The topological polar surface area (TPSA) is 12.0 Å². The van der Waals surface area contributed by atoms with Gasteiger partial charge in [0, 0.05) is 4.47 Å². The zero-order valence-corrected chi connectivity index (χ0v) is 10.0. The summed E-state index contributed by atoms with van der Waals surface area (Å²) in [5.74, 6) is 1.67. The Kier molecular flexibility index (Phi) is 3.24. The van der Waals surface area contributed by atoms with E-state index in [9.17, 15) is 0 Å². The number of benzene rings is 1. The molecule has 0 aliphatic heterocycles. The molecule has 2 heteroatoms. The van der Waals surface area contributed by atoms with Gasteiger partial charge in [0.25, 0.3) is 0 Å². The molecule has 1 aliphatic carbocycles. The Morgan fingerprint density at radius 1 is 1.36 bits per heavy atom. The van der Waals surface area contributed by atoms with Gasteiger partial charge < -0.3 is 5.32 Å². The van der Waals surface area contributed by atoms with E-state index < -0.39 is 0 Å². The van der Waals surface area contributed by atoms with Crippen molar-refractivity contribution >= 4 is 15.9 Å². The molecule has 0 amide bonds. The number of hydrogen-bond donors (Lipinski definition) is 1. The summed E-state index contributed by atoms with van der Waals surface area (Å²) in [6, 6.07) is 8.59. The van der Waals surface area contributed by atoms with Crippen molar-refractivity contribution in [3.63, 3.8) is 0 Å². The highest BCUT2D eigenvalue weighted by Crippen LogP contribution is 2.43. The molecule has 0 bridgehead atoms. The van der Waals surface area contributed by atoms with Gasteiger partial charge in [-0.2, -0.15) is 0 Å². The molecule has 1 aliphatic rings. The Bertz CT molecular complexity index is 305. The largest absolute Gasteiger partial charge is 0.319 e. The Morgan fingerprint density at radius 3 is 2.71 bits per heavy atom. The lowest BCUT2D eigenvalue weighted by atomic mass is 9.71. The van der Waals surface area contributed by atoms with E-state index in [0.717, 1.165) is 11.8 Å². The maximum Gasteiger partial charge on any atom is 0.0210 e. The third-order valence-corrected chi connectivity index (χ3v) is 3.80. The van der Waals surface area contributed by atoms with Crippen LogP contribution in [0.25, 0.3) is 0 Å². The molecule has 1 fully saturated rings. The van der Waals surface area contributed by atoms with Crippen LogP contribution in [-0.4, -0.2) is 13.6 Å². The minimum atomic E-state index is 0.781. The van der Waals surface area contributed by atoms with Gasteiger partial charge in [-0.1, -0.05) is 34.1 Å². The van der Waals surface area contributed by atoms with Crippen molar-refractivity contribution in [2.45, 2.75) is 18.8 Å². The minimum absolute atomic E-state index is 0.781. The first-order valence-corrected chi connectivity index (χ1v) is 5.99. The van der Waals surface area contributed by atoms with Crippen molar-refractivity contribution in [1.29, 1.82) is 0 Å². The van der Waals surface area contributed by atoms with Gasteiger partial charge in [-0.15, -0.1) is 0 Å². The van der Waals surface area contributed by atoms with Crippen LogP contribution in [0.5, 0.6) is 0 Å². The average Bonchev–Trinajstić information content (AvgIpc) is 2.12. The standard InChI is InChI=1S/C12H16BrN/c1-14-8-9-6-10(7-9)11-4-2-3-5-12(11)13/h2-5,9-10,14H,6-8H2,1H3. The van der Waals surface area contributed by atoms with Crippen LogP contribution in [-0.2, 0) is 0 Å². The molecule has 1 saturated carbocycles. The van der Waals surface area contributed by atoms with Crippen molar-refractivity contribution in [2.24, 2.45) is 5.92 Å². The quantitative estimate of drug-likeness (QED) is 0.873. The van der Waals surface area contributed by atoms with Crippen LogP contribution in [0, 0.1) is 5.92 Å². The van der Waals surface area contributed by atoms with Crippen LogP contribution in [0.15, 0.2) is 28.7 Å². The van der Waals surface area contributed by atoms with Gasteiger partial charge in [0.05, 0.1) is 0 Å². The fraction of sp³-hybridized carbons (Fsp3) is 0.500. The number of nitrogens with one attached hydrogen (secondary N) is 1. The first-order chi connectivity index (χ1) is 6.81. The molecule has 1 N–H and O–H groups in total. The van der Waals surface area contributed by atoms with Crippen LogP contribution >= 0.6 is 15.9 Å². The van der Waals surface area contributed by atoms with E-state index in [4.69, 9.17) is 0 Å². The summed E-state index contributed by atoms with van der Waals surface area (Å²) in [4.78, 5) is 0. The van der Waals surface area contributed by atoms with Crippen molar-refractivity contribution < 1.29 is 0 Å². The monoisotopic (exact) mass is 253 g/mol. The predicted octanol–water partition coefficient (Wildman–Crippen LogP) is 3.16. The first-order valence-electron chi connectivity index (χ1n) is 5.20. The lowest BCUT2D eigenvalue weighted by Gasteiger charge is -2.36. The Balaban J connectivity index is 1.96. The predicted molar refractivity (Wildman–Crippen MR) is 63.5 cm³/mol. The molecular formula is C12H16BrN. The van der Waals surface area contributed by atoms with Gasteiger partial charge in [0.2, 0.25) is 0 Å². The summed E-state index contributed by atoms with van der Waals surface area (Å²) in [7, 11) is 2.03. The molecule has 0 spiro atoms. The molecule has 0 unspecified atom stereocenters. The first kappa shape index (κ1) is 10.2. The summed E-state index contributed by atoms with van der Waals surface area (Å²) in [6.45, 7) is 1.17. The van der Waals surface area contributed by atoms with E-state index in [-0.39, 0.29) is 0 Å². The van der Waals surface area contributed by atoms with Gasteiger partial charge >= 0.3 is 0 Å². The van der Waals surface area contributed by atoms with Crippen molar-refractivity contribution in [2.75, 3.05) is 13.6 Å². The highest BCUT2D eigenvalue weighted by atomic mass is 79.9. The molecule has 0 aromatic heterocycles. The summed E-state index contributed by atoms with van der Waals surface area (Å²) >= 11 is 3.61. The molecule has 2 rings (SSSR count). The molecule has 76 valence electrons. The van der Waals surface area contributed by atoms with Crippen LogP contribution in [0.4, 0.5) is 0 Å². The molecule has 14 heavy (non-hydrogen) atoms. The fourth-order valence-electron chi connectivity index (χ4n) is 2.25. The maximum atomic E-state index is 3.61. The summed E-state index contributed by atoms with van der Waals surface area (Å²) in [5.41, 5.74) is 1.49. The highest BCUT2D eigenvalue weighted by molar-refractivity contribution is 9.10. The van der Waals surface area contributed by atoms with Crippen molar-refractivity contribution in [1.82, 2.24) is 5.32 Å². The van der Waals surface area contributed by atoms with Gasteiger partial charge in [-0.05, 0) is 49.9 Å². The second-order valence-electron chi connectivity index (χ2n) is 4.11. The molecule has 0 heterocycles. The Labute approximate surface area is 94.0 Å². The van der Waals surface area contributed by atoms with E-state index in [1.165, 1.54) is 29.4 Å². The van der Waals surface area contributed by atoms with Crippen LogP contribution in [0.1, 0.15) is 24.3 Å². The van der Waals surface area contributed by atoms with Crippen LogP contribution < -0.4 is 5.32 Å². The Hall–Kier alpha value is -0.340. The third kappa shape index (κ3) is 2.01. The van der Waals surface area contributed by atoms with Gasteiger partial charge in [0.15, 0.2) is 0 Å². The molecule has 0 saturated heterocycles. The molecule has 1 aromatic rings. The maximum absolute atomic E-state index is 3.61. The average molecular weight is 254 g/mol. The number of hydrogen-bond acceptors (Lipinski definition) is 1. The molecular weight excluding hydrogens is 238 g/mol. The van der Waals surface area contributed by atoms with Gasteiger partial charge in [0.1, 0.15) is 0 Å². The second kappa shape index (κ2) is 4.45. The van der Waals surface area contributed by atoms with Gasteiger partial charge in [-0.3, -0.25) is 0 Å². The summed E-state index contributed by atoms with van der Waals surface area (Å²) < 4.78 is 1.27. The molecule has 0 atom stereocenters. The second-order valence-corrected chi connectivity index (χ2v) is 4.97. The summed E-state index contributed by atoms with van der Waals surface area (Å²) in [6.07, 6.45) is 2.67. The molecule has 0 radical (unpaired) electrons. The van der Waals surface area contributed by atoms with Crippen molar-refractivity contribution in [3.8, 4) is 0 Å². The highest BCUT2D eigenvalue weighted by Gasteiger charge is 2.30. The lowest BCUT2D eigenvalue weighted by Crippen LogP contribution is -2.30. The van der Waals surface area contributed by atoms with E-state index in [2.05, 4.69) is 45.5 Å². The van der Waals surface area contributed by atoms with E-state index in [0.29, 0.717) is 0 Å². The number of halogens is 1. The smallest absolute Gasteiger partial charge is 0.0210 e. The van der Waals surface area contributed by atoms with E-state index in [1.54, 1.807) is 0 Å². The zero-order chi connectivity index (χ0) is 9.97. The zero-order valence-electron chi connectivity index (χ0n) is 8.46. The van der Waals surface area contributed by atoms with E-state index in [1.807, 2.05) is 7.05 Å². The van der Waals surface area contributed by atoms with Crippen LogP contribution in [0.3, 0.4) is 0 Å². The minimum Gasteiger partial charge on any atom is -0.319 e. The van der Waals surface area contributed by atoms with Crippen molar-refractivity contribution in [3.05, 3.63) is 34.3 Å². The lowest BCUT2D eigenvalue weighted by molar-refractivity contribution is 0.259. The third-order valence-electron chi connectivity index (χ3n) is 3.07. The van der Waals surface area contributed by atoms with Crippen LogP contribution in [0.2, 0.25) is 0 Å². The molecule has 1 nitrogen and oxygen atoms in total.